The molecule has 3 unspecified atom stereocenters. The highest BCUT2D eigenvalue weighted by atomic mass is 16.3. The number of carbonyl (C=O) groups excluding carboxylic acids is 7. The highest BCUT2D eigenvalue weighted by Gasteiger charge is 2.49. The third-order valence-electron chi connectivity index (χ3n) is 14.2. The van der Waals surface area contributed by atoms with E-state index in [1.54, 1.807) is 0 Å². The van der Waals surface area contributed by atoms with Crippen LogP contribution in [-0.4, -0.2) is 196 Å². The molecule has 7 amide bonds. The first-order valence-electron chi connectivity index (χ1n) is 25.7. The monoisotopic (exact) mass is 1050 g/mol. The first-order chi connectivity index (χ1) is 35.0. The Morgan fingerprint density at radius 3 is 1.99 bits per heavy atom. The highest BCUT2D eigenvalue weighted by Crippen LogP contribution is 2.26. The Hall–Kier alpha value is -5.52. The SMILES string of the molecule is [C-]#[N+]C[C@@H](O)[C@@H]1NC(=O)[C@H]([C@H](O)[C@@H](O)c2ccc(O)cc2)NC(=O)[C@@H]2C[C@@H](O)CN2C(=O)[C@H]([C@@H](C)O)NC(=O)C(NC(=O)CCCCCCCCC(C)CC(C)CC)C[C@@H](O)[C@@H](O)NC(=O)[C@@H]2[C@@H](O)CCN2C1=O. The van der Waals surface area contributed by atoms with Crippen molar-refractivity contribution in [2.24, 2.45) is 11.8 Å². The molecule has 0 spiro atoms. The number of benzene rings is 1. The van der Waals surface area contributed by atoms with Gasteiger partial charge in [0.05, 0.1) is 18.3 Å². The summed E-state index contributed by atoms with van der Waals surface area (Å²) in [6.07, 6.45) is -8.69. The minimum Gasteiger partial charge on any atom is -0.508 e. The average Bonchev–Trinajstić information content (AvgIpc) is 3.95. The van der Waals surface area contributed by atoms with Gasteiger partial charge in [0.2, 0.25) is 47.9 Å². The van der Waals surface area contributed by atoms with Gasteiger partial charge in [-0.3, -0.25) is 33.6 Å². The molecule has 3 fully saturated rings. The quantitative estimate of drug-likeness (QED) is 0.0512. The summed E-state index contributed by atoms with van der Waals surface area (Å²) >= 11 is 0. The Kier molecular flexibility index (Phi) is 23.9. The van der Waals surface area contributed by atoms with E-state index in [0.29, 0.717) is 24.7 Å². The van der Waals surface area contributed by atoms with Crippen LogP contribution in [0, 0.1) is 18.4 Å². The van der Waals surface area contributed by atoms with Gasteiger partial charge in [-0.25, -0.2) is 6.57 Å². The van der Waals surface area contributed by atoms with Crippen LogP contribution in [0.4, 0.5) is 0 Å². The van der Waals surface area contributed by atoms with Gasteiger partial charge in [-0.05, 0) is 55.7 Å². The number of nitrogens with zero attached hydrogens (tertiary/aromatic N) is 3. The molecule has 24 nitrogen and oxygen atoms in total. The minimum absolute atomic E-state index is 0.0691. The third kappa shape index (κ3) is 17.0. The van der Waals surface area contributed by atoms with Crippen LogP contribution in [0.3, 0.4) is 0 Å². The van der Waals surface area contributed by atoms with Crippen LogP contribution in [-0.2, 0) is 33.6 Å². The van der Waals surface area contributed by atoms with Crippen molar-refractivity contribution in [2.75, 3.05) is 19.6 Å². The highest BCUT2D eigenvalue weighted by molar-refractivity contribution is 5.98. The average molecular weight is 1050 g/mol. The van der Waals surface area contributed by atoms with E-state index < -0.39 is 159 Å². The number of unbranched alkanes of at least 4 members (excludes halogenated alkanes) is 5. The maximum absolute atomic E-state index is 14.3. The van der Waals surface area contributed by atoms with Gasteiger partial charge in [0.25, 0.3) is 0 Å². The molecule has 3 heterocycles. The molecule has 3 saturated heterocycles. The second-order valence-electron chi connectivity index (χ2n) is 20.3. The summed E-state index contributed by atoms with van der Waals surface area (Å²) in [5, 5.41) is 110. The van der Waals surface area contributed by atoms with E-state index in [4.69, 9.17) is 6.57 Å². The Bertz CT molecular complexity index is 2090. The first-order valence-corrected chi connectivity index (χ1v) is 25.7. The molecule has 0 saturated carbocycles. The molecule has 4 rings (SSSR count). The lowest BCUT2D eigenvalue weighted by atomic mass is 9.91. The number of carbonyl (C=O) groups is 7. The number of rotatable bonds is 19. The lowest BCUT2D eigenvalue weighted by Crippen LogP contribution is -2.64. The summed E-state index contributed by atoms with van der Waals surface area (Å²) in [5.41, 5.74) is -0.0933. The van der Waals surface area contributed by atoms with Crippen LogP contribution in [0.15, 0.2) is 24.3 Å². The molecule has 0 aliphatic carbocycles. The van der Waals surface area contributed by atoms with Gasteiger partial charge in [-0.15, -0.1) is 0 Å². The van der Waals surface area contributed by atoms with Gasteiger partial charge in [0, 0.05) is 32.4 Å². The molecule has 0 bridgehead atoms. The number of fused-ring (bicyclic) bond motifs is 2. The second-order valence-corrected chi connectivity index (χ2v) is 20.3. The Balaban J connectivity index is 1.68. The fourth-order valence-electron chi connectivity index (χ4n) is 9.67. The van der Waals surface area contributed by atoms with Crippen molar-refractivity contribution in [1.82, 2.24) is 36.4 Å². The first kappa shape index (κ1) is 61.0. The molecule has 14 N–H and O–H groups in total. The molecular weight excluding hydrogens is 969 g/mol. The summed E-state index contributed by atoms with van der Waals surface area (Å²) in [6.45, 7) is 13.4. The number of hydrogen-bond donors (Lipinski definition) is 14. The number of amides is 7. The number of hydrogen-bond acceptors (Lipinski definition) is 16. The van der Waals surface area contributed by atoms with Crippen LogP contribution >= 0.6 is 0 Å². The van der Waals surface area contributed by atoms with Crippen LogP contribution < -0.4 is 26.6 Å². The fourth-order valence-corrected chi connectivity index (χ4v) is 9.67. The van der Waals surface area contributed by atoms with Crippen LogP contribution in [0.25, 0.3) is 4.85 Å². The zero-order valence-electron chi connectivity index (χ0n) is 42.6. The Labute approximate surface area is 431 Å². The van der Waals surface area contributed by atoms with Gasteiger partial charge in [0.15, 0.2) is 12.3 Å². The van der Waals surface area contributed by atoms with Gasteiger partial charge in [-0.1, -0.05) is 77.8 Å². The zero-order valence-corrected chi connectivity index (χ0v) is 42.6. The Morgan fingerprint density at radius 2 is 1.35 bits per heavy atom. The standard InChI is InChI=1S/C50H78N8O16/c1-6-26(2)21-27(3)13-11-9-7-8-10-12-14-37(65)52-32-23-35(63)46(70)56-48(72)41-34(62)19-20-57(41)50(74)39(36(64)24-51-5)54-47(71)40(43(67)42(66)29-15-17-30(60)18-16-29)55-45(69)33-22-31(61)25-58(33)49(73)38(28(4)59)53-44(32)68/h15-18,26-28,31-36,38-43,46,59-64,66-67,70H,6-14,19-25H2,1-4H3,(H,52,65)(H,53,68)(H,54,71)(H,55,69)(H,56,72)/t26?,27?,28-,31-,32?,33+,34+,35-,36-,38+,39+,40+,41+,42+,43+,46-/m1/s1. The van der Waals surface area contributed by atoms with E-state index in [2.05, 4.69) is 52.2 Å². The lowest BCUT2D eigenvalue weighted by Gasteiger charge is -2.34. The van der Waals surface area contributed by atoms with Crippen molar-refractivity contribution in [3.05, 3.63) is 41.2 Å². The van der Waals surface area contributed by atoms with Crippen molar-refractivity contribution in [1.29, 1.82) is 0 Å². The summed E-state index contributed by atoms with van der Waals surface area (Å²) in [4.78, 5) is 103. The van der Waals surface area contributed by atoms with Gasteiger partial charge < -0.3 is 87.2 Å². The molecule has 414 valence electrons. The zero-order chi connectivity index (χ0) is 55.0. The minimum atomic E-state index is -2.32. The van der Waals surface area contributed by atoms with Crippen molar-refractivity contribution in [3.8, 4) is 5.75 Å². The topological polar surface area (TPSA) is 373 Å². The van der Waals surface area contributed by atoms with Gasteiger partial charge in [0.1, 0.15) is 60.3 Å². The van der Waals surface area contributed by atoms with Crippen molar-refractivity contribution < 1.29 is 79.5 Å². The maximum Gasteiger partial charge on any atom is 0.248 e. The smallest absolute Gasteiger partial charge is 0.248 e. The number of phenolic OH excluding ortho intramolecular Hbond substituents is 1. The summed E-state index contributed by atoms with van der Waals surface area (Å²) in [5.74, 6) is -7.16. The van der Waals surface area contributed by atoms with Crippen molar-refractivity contribution in [2.45, 2.75) is 196 Å². The number of nitrogens with one attached hydrogen (secondary N) is 5. The molecule has 3 aliphatic rings. The van der Waals surface area contributed by atoms with E-state index in [1.165, 1.54) is 18.6 Å². The number of aromatic hydroxyl groups is 1. The molecule has 1 aromatic carbocycles. The lowest BCUT2D eigenvalue weighted by molar-refractivity contribution is -0.148. The predicted molar refractivity (Wildman–Crippen MR) is 263 cm³/mol. The second kappa shape index (κ2) is 29.0. The largest absolute Gasteiger partial charge is 0.508 e. The van der Waals surface area contributed by atoms with E-state index in [9.17, 15) is 79.5 Å². The number of aliphatic hydroxyl groups is 8. The summed E-state index contributed by atoms with van der Waals surface area (Å²) in [7, 11) is 0. The van der Waals surface area contributed by atoms with Gasteiger partial charge >= 0.3 is 0 Å². The van der Waals surface area contributed by atoms with E-state index in [-0.39, 0.29) is 24.2 Å². The number of aliphatic hydroxyl groups excluding tert-OH is 8. The molecule has 1 aromatic rings. The number of phenols is 1. The normalized spacial score (nSPS) is 29.2. The molecule has 0 radical (unpaired) electrons. The fraction of sp³-hybridized carbons (Fsp3) is 0.720. The molecule has 24 heteroatoms. The third-order valence-corrected chi connectivity index (χ3v) is 14.2. The summed E-state index contributed by atoms with van der Waals surface area (Å²) < 4.78 is 0. The molecule has 0 aromatic heterocycles. The van der Waals surface area contributed by atoms with Crippen molar-refractivity contribution >= 4 is 41.4 Å². The molecular formula is C50H78N8O16. The van der Waals surface area contributed by atoms with Crippen molar-refractivity contribution in [3.63, 3.8) is 0 Å². The molecule has 16 atom stereocenters. The predicted octanol–water partition coefficient (Wildman–Crippen LogP) is -2.30. The molecule has 74 heavy (non-hydrogen) atoms. The van der Waals surface area contributed by atoms with E-state index in [1.807, 2.05) is 0 Å². The Morgan fingerprint density at radius 1 is 0.743 bits per heavy atom. The van der Waals surface area contributed by atoms with Crippen LogP contribution in [0.5, 0.6) is 5.75 Å². The van der Waals surface area contributed by atoms with Crippen LogP contribution in [0.2, 0.25) is 0 Å². The van der Waals surface area contributed by atoms with E-state index in [0.717, 1.165) is 67.4 Å². The maximum atomic E-state index is 14.3. The van der Waals surface area contributed by atoms with Crippen LogP contribution in [0.1, 0.15) is 123 Å². The molecule has 3 aliphatic heterocycles. The summed E-state index contributed by atoms with van der Waals surface area (Å²) in [6, 6.07) is -7.06. The van der Waals surface area contributed by atoms with Gasteiger partial charge in [-0.2, -0.15) is 0 Å². The van der Waals surface area contributed by atoms with E-state index >= 15 is 0 Å².